The van der Waals surface area contributed by atoms with Crippen molar-refractivity contribution in [3.05, 3.63) is 69.3 Å². The minimum absolute atomic E-state index is 0.0325. The second kappa shape index (κ2) is 8.72. The van der Waals surface area contributed by atoms with Gasteiger partial charge in [0.2, 0.25) is 0 Å². The van der Waals surface area contributed by atoms with Gasteiger partial charge in [-0.25, -0.2) is 4.79 Å². The first-order chi connectivity index (χ1) is 13.9. The number of hydrogen-bond donors (Lipinski definition) is 0. The third-order valence-corrected chi connectivity index (χ3v) is 4.97. The van der Waals surface area contributed by atoms with Crippen LogP contribution < -0.4 is 4.90 Å². The fourth-order valence-corrected chi connectivity index (χ4v) is 3.41. The lowest BCUT2D eigenvalue weighted by Crippen LogP contribution is -2.49. The van der Waals surface area contributed by atoms with Gasteiger partial charge in [-0.05, 0) is 37.6 Å². The number of carbonyl (C=O) groups excluding carboxylic acids is 2. The van der Waals surface area contributed by atoms with Gasteiger partial charge in [-0.15, -0.1) is 0 Å². The van der Waals surface area contributed by atoms with Crippen LogP contribution in [0.25, 0.3) is 0 Å². The van der Waals surface area contributed by atoms with Crippen molar-refractivity contribution in [2.75, 3.05) is 37.7 Å². The van der Waals surface area contributed by atoms with Crippen molar-refractivity contribution >= 4 is 23.3 Å². The first-order valence-corrected chi connectivity index (χ1v) is 9.47. The van der Waals surface area contributed by atoms with E-state index in [0.29, 0.717) is 37.4 Å². The highest BCUT2D eigenvalue weighted by molar-refractivity contribution is 5.96. The average molecular weight is 397 g/mol. The summed E-state index contributed by atoms with van der Waals surface area (Å²) in [7, 11) is 0. The van der Waals surface area contributed by atoms with Crippen molar-refractivity contribution in [1.82, 2.24) is 4.90 Å². The highest BCUT2D eigenvalue weighted by Gasteiger charge is 2.27. The molecule has 0 saturated carbocycles. The maximum Gasteiger partial charge on any atom is 0.338 e. The number of benzene rings is 2. The molecule has 1 amide bonds. The lowest BCUT2D eigenvalue weighted by molar-refractivity contribution is -0.384. The van der Waals surface area contributed by atoms with E-state index in [4.69, 9.17) is 4.74 Å². The monoisotopic (exact) mass is 397 g/mol. The Hall–Kier alpha value is -3.42. The van der Waals surface area contributed by atoms with Crippen LogP contribution >= 0.6 is 0 Å². The Kier molecular flexibility index (Phi) is 6.11. The number of nitrogens with zero attached hydrogens (tertiary/aromatic N) is 3. The molecule has 2 aromatic carbocycles. The number of nitro groups is 1. The zero-order valence-corrected chi connectivity index (χ0v) is 16.5. The Morgan fingerprint density at radius 3 is 2.41 bits per heavy atom. The molecule has 1 aliphatic heterocycles. The van der Waals surface area contributed by atoms with E-state index < -0.39 is 10.9 Å². The molecule has 3 rings (SSSR count). The highest BCUT2D eigenvalue weighted by Crippen LogP contribution is 2.30. The fraction of sp³-hybridized carbons (Fsp3) is 0.333. The minimum atomic E-state index is -0.587. The molecule has 152 valence electrons. The van der Waals surface area contributed by atoms with Crippen molar-refractivity contribution in [3.8, 4) is 0 Å². The number of ether oxygens (including phenoxy) is 1. The lowest BCUT2D eigenvalue weighted by Gasteiger charge is -2.36. The minimum Gasteiger partial charge on any atom is -0.462 e. The Bertz CT molecular complexity index is 936. The summed E-state index contributed by atoms with van der Waals surface area (Å²) < 4.78 is 4.92. The predicted molar refractivity (Wildman–Crippen MR) is 108 cm³/mol. The smallest absolute Gasteiger partial charge is 0.338 e. The number of esters is 1. The molecule has 1 saturated heterocycles. The third kappa shape index (κ3) is 4.37. The summed E-state index contributed by atoms with van der Waals surface area (Å²) in [5.41, 5.74) is 2.03. The molecule has 0 unspecified atom stereocenters. The van der Waals surface area contributed by atoms with Crippen LogP contribution in [0.2, 0.25) is 0 Å². The van der Waals surface area contributed by atoms with Gasteiger partial charge >= 0.3 is 5.97 Å². The van der Waals surface area contributed by atoms with E-state index in [0.717, 1.165) is 5.56 Å². The Morgan fingerprint density at radius 2 is 1.79 bits per heavy atom. The normalized spacial score (nSPS) is 13.9. The van der Waals surface area contributed by atoms with E-state index in [1.807, 2.05) is 36.1 Å². The second-order valence-corrected chi connectivity index (χ2v) is 6.78. The Morgan fingerprint density at radius 1 is 1.10 bits per heavy atom. The summed E-state index contributed by atoms with van der Waals surface area (Å²) in [6, 6.07) is 11.8. The molecule has 0 spiro atoms. The van der Waals surface area contributed by atoms with Crippen molar-refractivity contribution < 1.29 is 19.2 Å². The van der Waals surface area contributed by atoms with Crippen molar-refractivity contribution in [1.29, 1.82) is 0 Å². The van der Waals surface area contributed by atoms with Gasteiger partial charge in [0.25, 0.3) is 11.6 Å². The lowest BCUT2D eigenvalue weighted by atomic mass is 10.1. The summed E-state index contributed by atoms with van der Waals surface area (Å²) in [6.45, 7) is 5.64. The van der Waals surface area contributed by atoms with Gasteiger partial charge in [-0.1, -0.05) is 18.2 Å². The van der Waals surface area contributed by atoms with Gasteiger partial charge in [0.15, 0.2) is 0 Å². The molecular formula is C21H23N3O5. The fourth-order valence-electron chi connectivity index (χ4n) is 3.41. The molecule has 8 nitrogen and oxygen atoms in total. The molecular weight excluding hydrogens is 374 g/mol. The first-order valence-electron chi connectivity index (χ1n) is 9.47. The second-order valence-electron chi connectivity index (χ2n) is 6.78. The van der Waals surface area contributed by atoms with Gasteiger partial charge in [0.1, 0.15) is 5.69 Å². The van der Waals surface area contributed by atoms with E-state index >= 15 is 0 Å². The largest absolute Gasteiger partial charge is 0.462 e. The van der Waals surface area contributed by atoms with Gasteiger partial charge in [-0.3, -0.25) is 14.9 Å². The molecule has 1 heterocycles. The van der Waals surface area contributed by atoms with Crippen molar-refractivity contribution in [2.24, 2.45) is 0 Å². The highest BCUT2D eigenvalue weighted by atomic mass is 16.6. The zero-order valence-electron chi connectivity index (χ0n) is 16.5. The number of amides is 1. The summed E-state index contributed by atoms with van der Waals surface area (Å²) >= 11 is 0. The van der Waals surface area contributed by atoms with E-state index in [1.165, 1.54) is 12.1 Å². The third-order valence-electron chi connectivity index (χ3n) is 4.97. The van der Waals surface area contributed by atoms with Crippen LogP contribution in [0.3, 0.4) is 0 Å². The number of rotatable bonds is 5. The topological polar surface area (TPSA) is 93.0 Å². The molecule has 0 atom stereocenters. The molecule has 0 aromatic heterocycles. The average Bonchev–Trinajstić information content (AvgIpc) is 2.73. The number of nitro benzene ring substituents is 1. The summed E-state index contributed by atoms with van der Waals surface area (Å²) in [6.07, 6.45) is 0. The SMILES string of the molecule is CCOC(=O)c1ccc(N2CCN(C(=O)c3ccccc3C)CC2)c([N+](=O)[O-])c1. The van der Waals surface area contributed by atoms with Gasteiger partial charge in [0, 0.05) is 37.8 Å². The van der Waals surface area contributed by atoms with E-state index in [-0.39, 0.29) is 23.8 Å². The van der Waals surface area contributed by atoms with Crippen LogP contribution in [0, 0.1) is 17.0 Å². The molecule has 1 fully saturated rings. The van der Waals surface area contributed by atoms with Gasteiger partial charge in [-0.2, -0.15) is 0 Å². The van der Waals surface area contributed by atoms with Crippen LogP contribution in [0.1, 0.15) is 33.2 Å². The number of aryl methyl sites for hydroxylation is 1. The van der Waals surface area contributed by atoms with Crippen LogP contribution in [0.5, 0.6) is 0 Å². The Labute approximate surface area is 168 Å². The summed E-state index contributed by atoms with van der Waals surface area (Å²) in [5.74, 6) is -0.620. The van der Waals surface area contributed by atoms with Crippen LogP contribution in [-0.2, 0) is 4.74 Å². The van der Waals surface area contributed by atoms with E-state index in [9.17, 15) is 19.7 Å². The van der Waals surface area contributed by atoms with Gasteiger partial charge in [0.05, 0.1) is 17.1 Å². The standard InChI is InChI=1S/C21H23N3O5/c1-3-29-21(26)16-8-9-18(19(14-16)24(27)28)22-10-12-23(13-11-22)20(25)17-7-5-4-6-15(17)2/h4-9,14H,3,10-13H2,1-2H3. The maximum atomic E-state index is 12.8. The summed E-state index contributed by atoms with van der Waals surface area (Å²) in [4.78, 5) is 39.3. The van der Waals surface area contributed by atoms with Crippen LogP contribution in [-0.4, -0.2) is 54.5 Å². The van der Waals surface area contributed by atoms with Crippen LogP contribution in [0.15, 0.2) is 42.5 Å². The summed E-state index contributed by atoms with van der Waals surface area (Å²) in [5, 5.41) is 11.6. The van der Waals surface area contributed by atoms with Crippen molar-refractivity contribution in [3.63, 3.8) is 0 Å². The molecule has 2 aromatic rings. The van der Waals surface area contributed by atoms with Crippen LogP contribution in [0.4, 0.5) is 11.4 Å². The van der Waals surface area contributed by atoms with Crippen molar-refractivity contribution in [2.45, 2.75) is 13.8 Å². The van der Waals surface area contributed by atoms with Gasteiger partial charge < -0.3 is 14.5 Å². The van der Waals surface area contributed by atoms with E-state index in [1.54, 1.807) is 17.9 Å². The molecule has 0 radical (unpaired) electrons. The number of hydrogen-bond acceptors (Lipinski definition) is 6. The Balaban J connectivity index is 1.75. The molecule has 0 N–H and O–H groups in total. The number of anilines is 1. The number of piperazine rings is 1. The van der Waals surface area contributed by atoms with E-state index in [2.05, 4.69) is 0 Å². The molecule has 1 aliphatic rings. The predicted octanol–water partition coefficient (Wildman–Crippen LogP) is 3.04. The number of carbonyl (C=O) groups is 2. The molecule has 0 aliphatic carbocycles. The molecule has 29 heavy (non-hydrogen) atoms. The molecule has 8 heteroatoms. The maximum absolute atomic E-state index is 12.8. The zero-order chi connectivity index (χ0) is 21.0. The molecule has 0 bridgehead atoms. The quantitative estimate of drug-likeness (QED) is 0.437. The first kappa shape index (κ1) is 20.3.